The zero-order valence-corrected chi connectivity index (χ0v) is 13.3. The average Bonchev–Trinajstić information content (AvgIpc) is 2.87. The summed E-state index contributed by atoms with van der Waals surface area (Å²) in [6.45, 7) is 4.21. The Kier molecular flexibility index (Phi) is 3.04. The van der Waals surface area contributed by atoms with Crippen molar-refractivity contribution in [2.75, 3.05) is 0 Å². The maximum Gasteiger partial charge on any atom is 0.314 e. The van der Waals surface area contributed by atoms with Crippen LogP contribution in [0.1, 0.15) is 42.0 Å². The van der Waals surface area contributed by atoms with Crippen LogP contribution in [-0.4, -0.2) is 14.5 Å². The lowest BCUT2D eigenvalue weighted by Crippen LogP contribution is -2.33. The summed E-state index contributed by atoms with van der Waals surface area (Å²) in [7, 11) is 0. The van der Waals surface area contributed by atoms with Crippen LogP contribution in [0, 0.1) is 13.8 Å². The van der Waals surface area contributed by atoms with Crippen LogP contribution in [0.4, 0.5) is 0 Å². The van der Waals surface area contributed by atoms with Crippen LogP contribution < -0.4 is 11.1 Å². The van der Waals surface area contributed by atoms with Crippen molar-refractivity contribution >= 4 is 11.3 Å². The van der Waals surface area contributed by atoms with Gasteiger partial charge in [-0.05, 0) is 57.7 Å². The summed E-state index contributed by atoms with van der Waals surface area (Å²) in [6, 6.07) is 4.24. The highest BCUT2D eigenvalue weighted by Gasteiger charge is 2.24. The highest BCUT2D eigenvalue weighted by molar-refractivity contribution is 5.84. The zero-order chi connectivity index (χ0) is 16.1. The number of aryl methyl sites for hydroxylation is 3. The first-order valence-corrected chi connectivity index (χ1v) is 7.98. The molecule has 0 saturated carbocycles. The van der Waals surface area contributed by atoms with Crippen molar-refractivity contribution < 1.29 is 0 Å². The fourth-order valence-electron chi connectivity index (χ4n) is 3.76. The minimum Gasteiger partial charge on any atom is -0.322 e. The van der Waals surface area contributed by atoms with E-state index in [1.54, 1.807) is 0 Å². The lowest BCUT2D eigenvalue weighted by molar-refractivity contribution is 0.773. The quantitative estimate of drug-likeness (QED) is 0.795. The Hall–Kier alpha value is -2.56. The number of nitrogens with zero attached hydrogens (tertiary/aromatic N) is 1. The fraction of sp³-hybridized carbons (Fsp3) is 0.333. The summed E-state index contributed by atoms with van der Waals surface area (Å²) in [5, 5.41) is 0. The van der Waals surface area contributed by atoms with Gasteiger partial charge in [0, 0.05) is 28.4 Å². The smallest absolute Gasteiger partial charge is 0.314 e. The van der Waals surface area contributed by atoms with Crippen LogP contribution in [-0.2, 0) is 6.42 Å². The monoisotopic (exact) mass is 309 g/mol. The summed E-state index contributed by atoms with van der Waals surface area (Å²) >= 11 is 0. The van der Waals surface area contributed by atoms with E-state index in [0.29, 0.717) is 0 Å². The molecule has 0 bridgehead atoms. The van der Waals surface area contributed by atoms with Gasteiger partial charge in [0.1, 0.15) is 0 Å². The highest BCUT2D eigenvalue weighted by atomic mass is 16.2. The summed E-state index contributed by atoms with van der Waals surface area (Å²) < 4.78 is 2.27. The van der Waals surface area contributed by atoms with Crippen LogP contribution in [0.15, 0.2) is 33.4 Å². The third kappa shape index (κ3) is 2.15. The summed E-state index contributed by atoms with van der Waals surface area (Å²) in [6.07, 6.45) is 5.89. The minimum absolute atomic E-state index is 0.565. The Morgan fingerprint density at radius 1 is 0.913 bits per heavy atom. The molecule has 2 N–H and O–H groups in total. The molecule has 5 nitrogen and oxygen atoms in total. The van der Waals surface area contributed by atoms with Gasteiger partial charge in [0.05, 0.1) is 5.69 Å². The molecule has 0 unspecified atom stereocenters. The summed E-state index contributed by atoms with van der Waals surface area (Å²) in [5.74, 6) is 0. The van der Waals surface area contributed by atoms with Gasteiger partial charge in [-0.1, -0.05) is 5.57 Å². The molecule has 2 aliphatic carbocycles. The second-order valence-electron chi connectivity index (χ2n) is 6.37. The van der Waals surface area contributed by atoms with E-state index in [0.717, 1.165) is 42.6 Å². The number of allylic oxidation sites excluding steroid dienone is 4. The van der Waals surface area contributed by atoms with Gasteiger partial charge >= 0.3 is 11.1 Å². The van der Waals surface area contributed by atoms with E-state index in [2.05, 4.69) is 46.6 Å². The predicted molar refractivity (Wildman–Crippen MR) is 90.3 cm³/mol. The molecule has 0 atom stereocenters. The normalized spacial score (nSPS) is 16.9. The molecule has 0 aliphatic heterocycles. The van der Waals surface area contributed by atoms with Crippen molar-refractivity contribution in [2.45, 2.75) is 39.5 Å². The topological polar surface area (TPSA) is 70.7 Å². The Bertz CT molecular complexity index is 963. The van der Waals surface area contributed by atoms with Crippen LogP contribution in [0.3, 0.4) is 0 Å². The van der Waals surface area contributed by atoms with Crippen molar-refractivity contribution in [3.8, 4) is 0 Å². The first kappa shape index (κ1) is 14.1. The number of hydrogen-bond donors (Lipinski definition) is 2. The van der Waals surface area contributed by atoms with Crippen molar-refractivity contribution in [3.63, 3.8) is 0 Å². The fourth-order valence-corrected chi connectivity index (χ4v) is 3.76. The van der Waals surface area contributed by atoms with E-state index >= 15 is 0 Å². The van der Waals surface area contributed by atoms with Crippen molar-refractivity contribution in [1.82, 2.24) is 14.5 Å². The Labute approximate surface area is 133 Å². The van der Waals surface area contributed by atoms with Crippen LogP contribution in [0.2, 0.25) is 0 Å². The molecule has 0 amide bonds. The van der Waals surface area contributed by atoms with Gasteiger partial charge in [-0.2, -0.15) is 0 Å². The first-order chi connectivity index (χ1) is 11.0. The van der Waals surface area contributed by atoms with Gasteiger partial charge in [0.2, 0.25) is 0 Å². The van der Waals surface area contributed by atoms with Gasteiger partial charge in [-0.15, -0.1) is 0 Å². The number of nitrogens with one attached hydrogen (secondary N) is 2. The first-order valence-electron chi connectivity index (χ1n) is 7.98. The molecule has 4 rings (SSSR count). The number of aromatic nitrogens is 3. The van der Waals surface area contributed by atoms with E-state index in [1.165, 1.54) is 22.7 Å². The molecule has 0 saturated heterocycles. The predicted octanol–water partition coefficient (Wildman–Crippen LogP) is 2.52. The molecule has 0 aromatic carbocycles. The summed E-state index contributed by atoms with van der Waals surface area (Å²) in [4.78, 5) is 28.8. The molecular weight excluding hydrogens is 290 g/mol. The van der Waals surface area contributed by atoms with Crippen molar-refractivity contribution in [3.05, 3.63) is 67.3 Å². The van der Waals surface area contributed by atoms with Crippen molar-refractivity contribution in [1.29, 1.82) is 0 Å². The van der Waals surface area contributed by atoms with Crippen LogP contribution in [0.5, 0.6) is 0 Å². The second-order valence-corrected chi connectivity index (χ2v) is 6.37. The number of rotatable bonds is 1. The lowest BCUT2D eigenvalue weighted by atomic mass is 9.85. The van der Waals surface area contributed by atoms with E-state index in [1.807, 2.05) is 0 Å². The maximum absolute atomic E-state index is 11.7. The number of aromatic amines is 2. The van der Waals surface area contributed by atoms with Crippen LogP contribution in [0.25, 0.3) is 11.3 Å². The molecule has 2 heterocycles. The average molecular weight is 309 g/mol. The molecule has 118 valence electrons. The third-order valence-corrected chi connectivity index (χ3v) is 4.89. The maximum atomic E-state index is 11.7. The molecule has 0 radical (unpaired) electrons. The largest absolute Gasteiger partial charge is 0.322 e. The molecule has 23 heavy (non-hydrogen) atoms. The van der Waals surface area contributed by atoms with E-state index in [-0.39, 0.29) is 0 Å². The SMILES string of the molecule is Cc1ccc(C)n1C1=CC2=C(CC1)CCc1[nH]c(=O)c(=O)[nH]c12. The number of H-pyrrole nitrogens is 2. The number of fused-ring (bicyclic) bond motifs is 2. The van der Waals surface area contributed by atoms with E-state index in [9.17, 15) is 9.59 Å². The summed E-state index contributed by atoms with van der Waals surface area (Å²) in [5.41, 5.74) is 6.59. The highest BCUT2D eigenvalue weighted by Crippen LogP contribution is 2.38. The molecule has 5 heteroatoms. The second kappa shape index (κ2) is 4.98. The number of hydrogen-bond acceptors (Lipinski definition) is 2. The van der Waals surface area contributed by atoms with Gasteiger partial charge in [-0.3, -0.25) is 9.59 Å². The third-order valence-electron chi connectivity index (χ3n) is 4.89. The molecule has 2 aliphatic rings. The van der Waals surface area contributed by atoms with Gasteiger partial charge in [0.25, 0.3) is 0 Å². The molecule has 2 aromatic heterocycles. The van der Waals surface area contributed by atoms with Crippen molar-refractivity contribution in [2.24, 2.45) is 0 Å². The zero-order valence-electron chi connectivity index (χ0n) is 13.3. The molecular formula is C18H19N3O2. The standard InChI is InChI=1S/C18H19N3O2/c1-10-3-4-11(2)21(10)13-7-5-12-6-8-15-16(14(12)9-13)20-18(23)17(22)19-15/h3-4,9H,5-8H2,1-2H3,(H,19,22)(H,20,23). The minimum atomic E-state index is -0.577. The Balaban J connectivity index is 1.90. The van der Waals surface area contributed by atoms with E-state index < -0.39 is 11.1 Å². The molecule has 2 aromatic rings. The molecule has 0 fully saturated rings. The van der Waals surface area contributed by atoms with Gasteiger partial charge in [-0.25, -0.2) is 0 Å². The van der Waals surface area contributed by atoms with Crippen LogP contribution >= 0.6 is 0 Å². The Morgan fingerprint density at radius 3 is 2.30 bits per heavy atom. The molecule has 0 spiro atoms. The van der Waals surface area contributed by atoms with Gasteiger partial charge in [0.15, 0.2) is 0 Å². The Morgan fingerprint density at radius 2 is 1.57 bits per heavy atom. The lowest BCUT2D eigenvalue weighted by Gasteiger charge is -2.27. The van der Waals surface area contributed by atoms with E-state index in [4.69, 9.17) is 0 Å². The van der Waals surface area contributed by atoms with Gasteiger partial charge < -0.3 is 14.5 Å².